The van der Waals surface area contributed by atoms with Crippen LogP contribution in [0.15, 0.2) is 4.99 Å². The molecule has 10 nitrogen and oxygen atoms in total. The van der Waals surface area contributed by atoms with Gasteiger partial charge >= 0.3 is 37.7 Å². The second kappa shape index (κ2) is 53.0. The molecule has 0 spiro atoms. The van der Waals surface area contributed by atoms with Crippen molar-refractivity contribution in [2.75, 3.05) is 24.6 Å². The summed E-state index contributed by atoms with van der Waals surface area (Å²) in [6, 6.07) is 0. The number of nitrogens with one attached hydrogen (secondary N) is 1. The minimum Gasteiger partial charge on any atom is -0.862 e. The van der Waals surface area contributed by atoms with Crippen molar-refractivity contribution in [2.45, 2.75) is 284 Å². The molecule has 0 bridgehead atoms. The molecule has 0 unspecified atom stereocenters. The Bertz CT molecular complexity index is 1190. The Balaban J connectivity index is -0.00000112. The smallest absolute Gasteiger partial charge is 0.862 e. The summed E-state index contributed by atoms with van der Waals surface area (Å²) in [4.78, 5) is 15.6. The zero-order valence-corrected chi connectivity index (χ0v) is 45.1. The third-order valence-corrected chi connectivity index (χ3v) is 13.3. The molecule has 372 valence electrons. The van der Waals surface area contributed by atoms with Gasteiger partial charge in [-0.1, -0.05) is 232 Å². The Kier molecular flexibility index (Phi) is 56.6. The first-order valence-corrected chi connectivity index (χ1v) is 29.5. The topological polar surface area (TPSA) is 176 Å². The number of amides is 1. The van der Waals surface area contributed by atoms with Crippen LogP contribution >= 0.6 is 0 Å². The van der Waals surface area contributed by atoms with Gasteiger partial charge in [-0.3, -0.25) is 9.35 Å². The molecule has 13 heteroatoms. The Labute approximate surface area is 420 Å². The van der Waals surface area contributed by atoms with Crippen LogP contribution in [0.5, 0.6) is 0 Å². The normalized spacial score (nSPS) is 11.9. The number of nitrogens with zero attached hydrogens (tertiary/aromatic N) is 1. The van der Waals surface area contributed by atoms with Crippen molar-refractivity contribution in [3.63, 3.8) is 0 Å². The van der Waals surface area contributed by atoms with Crippen LogP contribution < -0.4 is 10.4 Å². The van der Waals surface area contributed by atoms with Crippen LogP contribution in [0.1, 0.15) is 284 Å². The van der Waals surface area contributed by atoms with Crippen LogP contribution in [0.4, 0.5) is 0 Å². The fourth-order valence-corrected chi connectivity index (χ4v) is 8.89. The van der Waals surface area contributed by atoms with Gasteiger partial charge in [-0.05, 0) is 50.8 Å². The summed E-state index contributed by atoms with van der Waals surface area (Å²) in [6.07, 6.45) is 50.7. The van der Waals surface area contributed by atoms with E-state index < -0.39 is 20.2 Å². The Morgan fingerprint density at radius 2 is 0.746 bits per heavy atom. The largest absolute Gasteiger partial charge is 2.00 e. The molecule has 63 heavy (non-hydrogen) atoms. The van der Waals surface area contributed by atoms with Gasteiger partial charge in [0, 0.05) is 25.3 Å². The van der Waals surface area contributed by atoms with E-state index in [-0.39, 0.29) is 67.5 Å². The first-order chi connectivity index (χ1) is 29.9. The number of rotatable bonds is 48. The maximum atomic E-state index is 11.7. The van der Waals surface area contributed by atoms with Gasteiger partial charge in [0.25, 0.3) is 10.1 Å². The third-order valence-electron chi connectivity index (χ3n) is 11.7. The molecule has 0 aliphatic heterocycles. The number of carbonyl (C=O) groups is 1. The number of carbonyl (C=O) groups excluding carboxylic acids is 1. The van der Waals surface area contributed by atoms with Gasteiger partial charge in [0.15, 0.2) is 0 Å². The molecule has 0 fully saturated rings. The first-order valence-electron chi connectivity index (χ1n) is 26.3. The summed E-state index contributed by atoms with van der Waals surface area (Å²) < 4.78 is 61.2. The fraction of sp³-hybridized carbons (Fsp3) is 0.960. The maximum absolute atomic E-state index is 11.7. The van der Waals surface area contributed by atoms with E-state index in [1.807, 2.05) is 0 Å². The molecular weight excluding hydrogens is 861 g/mol. The molecule has 0 saturated carbocycles. The molecule has 0 aromatic heterocycles. The van der Waals surface area contributed by atoms with Crippen molar-refractivity contribution in [3.05, 3.63) is 0 Å². The van der Waals surface area contributed by atoms with Gasteiger partial charge in [0.05, 0.1) is 15.9 Å². The number of hydrogen-bond donors (Lipinski definition) is 2. The monoisotopic (exact) mass is 961 g/mol. The molecule has 0 aromatic carbocycles. The van der Waals surface area contributed by atoms with Crippen LogP contribution in [-0.4, -0.2) is 100 Å². The van der Waals surface area contributed by atoms with Crippen molar-refractivity contribution in [3.8, 4) is 0 Å². The predicted octanol–water partition coefficient (Wildman–Crippen LogP) is 13.3. The summed E-state index contributed by atoms with van der Waals surface area (Å²) >= 11 is 0. The van der Waals surface area contributed by atoms with Crippen LogP contribution in [0.25, 0.3) is 0 Å². The first kappa shape index (κ1) is 67.3. The molecule has 0 rings (SSSR count). The van der Waals surface area contributed by atoms with Crippen molar-refractivity contribution in [1.82, 2.24) is 5.32 Å². The van der Waals surface area contributed by atoms with E-state index in [4.69, 9.17) is 4.55 Å². The predicted molar refractivity (Wildman–Crippen MR) is 267 cm³/mol. The van der Waals surface area contributed by atoms with Crippen molar-refractivity contribution < 1.29 is 35.8 Å². The molecular formula is C50H100CaN2O8S2. The van der Waals surface area contributed by atoms with Crippen molar-refractivity contribution >= 4 is 69.8 Å². The zero-order chi connectivity index (χ0) is 46.1. The summed E-state index contributed by atoms with van der Waals surface area (Å²) in [6.45, 7) is 5.35. The molecule has 0 aliphatic carbocycles. The van der Waals surface area contributed by atoms with E-state index >= 15 is 0 Å². The van der Waals surface area contributed by atoms with Gasteiger partial charge < -0.3 is 20.0 Å². The molecule has 0 radical (unpaired) electrons. The quantitative estimate of drug-likeness (QED) is 0.0199. The van der Waals surface area contributed by atoms with E-state index in [0.29, 0.717) is 45.2 Å². The number of hydrogen-bond acceptors (Lipinski definition) is 8. The molecule has 0 aliphatic rings. The average molecular weight is 962 g/mol. The van der Waals surface area contributed by atoms with Crippen LogP contribution in [0, 0.1) is 0 Å². The van der Waals surface area contributed by atoms with Gasteiger partial charge in [-0.25, -0.2) is 8.42 Å². The Morgan fingerprint density at radius 1 is 0.444 bits per heavy atom. The standard InChI is InChI=1S/2C25H51NO4S.Ca/c2*1-2-3-4-5-6-7-8-9-10-11-12-13-14-15-16-17-18-19-22-25(27)26-23-20-21-24-31(28,29)30;/h2*2-24H2,1H3,(H,26,27)(H,28,29,30);/q;;+2/p-2. The van der Waals surface area contributed by atoms with Gasteiger partial charge in [0.2, 0.25) is 5.91 Å². The Morgan fingerprint density at radius 3 is 1.06 bits per heavy atom. The summed E-state index contributed by atoms with van der Waals surface area (Å²) in [5, 5.41) is 14.4. The average Bonchev–Trinajstić information content (AvgIpc) is 3.22. The SMILES string of the molecule is CCCCCCCCCCCCCCCCCCCCC(=O)NCCCCS(=O)(=O)O.CCCCCCCCCCCCCCCCCCCCC([O-])=NCCCCS(=O)(=O)[O-].[Ca+2]. The van der Waals surface area contributed by atoms with Crippen LogP contribution in [0.2, 0.25) is 0 Å². The van der Waals surface area contributed by atoms with Crippen LogP contribution in [0.3, 0.4) is 0 Å². The summed E-state index contributed by atoms with van der Waals surface area (Å²) in [5.41, 5.74) is 0. The third kappa shape index (κ3) is 66.4. The zero-order valence-electron chi connectivity index (χ0n) is 41.3. The van der Waals surface area contributed by atoms with Gasteiger partial charge in [-0.2, -0.15) is 8.42 Å². The Hall–Kier alpha value is 0.0197. The molecule has 0 saturated heterocycles. The van der Waals surface area contributed by atoms with E-state index in [1.54, 1.807) is 0 Å². The minimum absolute atomic E-state index is 0. The van der Waals surface area contributed by atoms with Crippen molar-refractivity contribution in [1.29, 1.82) is 0 Å². The van der Waals surface area contributed by atoms with Gasteiger partial charge in [-0.15, -0.1) is 0 Å². The molecule has 1 amide bonds. The van der Waals surface area contributed by atoms with Gasteiger partial charge in [0.1, 0.15) is 0 Å². The minimum atomic E-state index is -4.14. The van der Waals surface area contributed by atoms with E-state index in [2.05, 4.69) is 24.2 Å². The second-order valence-electron chi connectivity index (χ2n) is 18.1. The maximum Gasteiger partial charge on any atom is 2.00 e. The van der Waals surface area contributed by atoms with E-state index in [1.165, 1.54) is 205 Å². The second-order valence-corrected chi connectivity index (χ2v) is 21.2. The molecule has 0 heterocycles. The number of aliphatic imine (C=N–C) groups is 1. The molecule has 0 atom stereocenters. The molecule has 0 aromatic rings. The van der Waals surface area contributed by atoms with E-state index in [0.717, 1.165) is 25.7 Å². The van der Waals surface area contributed by atoms with Crippen LogP contribution in [-0.2, 0) is 25.0 Å². The van der Waals surface area contributed by atoms with E-state index in [9.17, 15) is 31.3 Å². The fourth-order valence-electron chi connectivity index (χ4n) is 7.76. The summed E-state index contributed by atoms with van der Waals surface area (Å²) in [5.74, 6) is -0.650. The molecule has 2 N–H and O–H groups in total. The van der Waals surface area contributed by atoms with Crippen molar-refractivity contribution in [2.24, 2.45) is 4.99 Å². The summed E-state index contributed by atoms with van der Waals surface area (Å²) in [7, 11) is -8.02. The number of unbranched alkanes of at least 4 members (excludes halogenated alkanes) is 36.